The highest BCUT2D eigenvalue weighted by Gasteiger charge is 2.27. The molecule has 1 atom stereocenters. The Kier molecular flexibility index (Phi) is 5.07. The van der Waals surface area contributed by atoms with Gasteiger partial charge in [-0.25, -0.2) is 13.1 Å². The summed E-state index contributed by atoms with van der Waals surface area (Å²) in [5.74, 6) is -0.00564. The quantitative estimate of drug-likeness (QED) is 0.846. The minimum atomic E-state index is -3.29. The SMILES string of the molecule is C[C@@]1(CCNS(=O)(=O)Cc2ccc(Cl)cc2)CCCN1. The summed E-state index contributed by atoms with van der Waals surface area (Å²) in [5, 5.41) is 4.04. The Balaban J connectivity index is 1.83. The van der Waals surface area contributed by atoms with Gasteiger partial charge in [-0.05, 0) is 50.4 Å². The van der Waals surface area contributed by atoms with Gasteiger partial charge in [-0.3, -0.25) is 0 Å². The third-order valence-electron chi connectivity index (χ3n) is 3.73. The summed E-state index contributed by atoms with van der Waals surface area (Å²) < 4.78 is 26.7. The molecule has 20 heavy (non-hydrogen) atoms. The van der Waals surface area contributed by atoms with E-state index in [4.69, 9.17) is 11.6 Å². The zero-order valence-corrected chi connectivity index (χ0v) is 13.2. The summed E-state index contributed by atoms with van der Waals surface area (Å²) in [7, 11) is -3.29. The first-order valence-electron chi connectivity index (χ1n) is 6.85. The molecule has 1 aliphatic heterocycles. The van der Waals surface area contributed by atoms with E-state index in [1.807, 2.05) is 0 Å². The molecule has 1 aliphatic rings. The Morgan fingerprint density at radius 2 is 2.05 bits per heavy atom. The lowest BCUT2D eigenvalue weighted by molar-refractivity contribution is 0.384. The smallest absolute Gasteiger partial charge is 0.215 e. The molecule has 2 rings (SSSR count). The molecular weight excluding hydrogens is 296 g/mol. The van der Waals surface area contributed by atoms with Crippen LogP contribution in [0.2, 0.25) is 5.02 Å². The molecule has 0 saturated carbocycles. The molecule has 1 aromatic rings. The van der Waals surface area contributed by atoms with Gasteiger partial charge in [0, 0.05) is 17.1 Å². The molecule has 0 spiro atoms. The molecule has 1 heterocycles. The van der Waals surface area contributed by atoms with Gasteiger partial charge >= 0.3 is 0 Å². The molecule has 1 saturated heterocycles. The zero-order chi connectivity index (χ0) is 14.6. The van der Waals surface area contributed by atoms with Gasteiger partial charge in [0.2, 0.25) is 10.0 Å². The first-order valence-corrected chi connectivity index (χ1v) is 8.88. The molecule has 112 valence electrons. The molecule has 0 unspecified atom stereocenters. The van der Waals surface area contributed by atoms with Crippen molar-refractivity contribution >= 4 is 21.6 Å². The fourth-order valence-electron chi connectivity index (χ4n) is 2.50. The average Bonchev–Trinajstić information content (AvgIpc) is 2.79. The van der Waals surface area contributed by atoms with Crippen LogP contribution in [0, 0.1) is 0 Å². The number of nitrogens with one attached hydrogen (secondary N) is 2. The second-order valence-corrected chi connectivity index (χ2v) is 7.86. The third kappa shape index (κ3) is 4.74. The van der Waals surface area contributed by atoms with E-state index in [-0.39, 0.29) is 11.3 Å². The molecule has 6 heteroatoms. The molecule has 0 bridgehead atoms. The molecule has 0 radical (unpaired) electrons. The van der Waals surface area contributed by atoms with Crippen molar-refractivity contribution in [3.63, 3.8) is 0 Å². The largest absolute Gasteiger partial charge is 0.311 e. The first-order chi connectivity index (χ1) is 9.39. The number of halogens is 1. The van der Waals surface area contributed by atoms with Gasteiger partial charge in [0.1, 0.15) is 0 Å². The average molecular weight is 317 g/mol. The Morgan fingerprint density at radius 1 is 1.35 bits per heavy atom. The maximum atomic E-state index is 12.0. The summed E-state index contributed by atoms with van der Waals surface area (Å²) in [6.07, 6.45) is 3.08. The lowest BCUT2D eigenvalue weighted by Crippen LogP contribution is -2.40. The van der Waals surface area contributed by atoms with E-state index in [0.717, 1.165) is 31.4 Å². The lowest BCUT2D eigenvalue weighted by Gasteiger charge is -2.24. The van der Waals surface area contributed by atoms with E-state index in [9.17, 15) is 8.42 Å². The summed E-state index contributed by atoms with van der Waals surface area (Å²) in [6, 6.07) is 6.88. The summed E-state index contributed by atoms with van der Waals surface area (Å²) >= 11 is 5.78. The Hall–Kier alpha value is -0.620. The van der Waals surface area contributed by atoms with Crippen LogP contribution in [-0.4, -0.2) is 27.0 Å². The highest BCUT2D eigenvalue weighted by molar-refractivity contribution is 7.88. The molecule has 0 aliphatic carbocycles. The number of hydrogen-bond donors (Lipinski definition) is 2. The van der Waals surface area contributed by atoms with Crippen molar-refractivity contribution in [3.05, 3.63) is 34.9 Å². The summed E-state index contributed by atoms with van der Waals surface area (Å²) in [6.45, 7) is 3.64. The van der Waals surface area contributed by atoms with E-state index in [2.05, 4.69) is 17.0 Å². The van der Waals surface area contributed by atoms with Gasteiger partial charge < -0.3 is 5.32 Å². The molecule has 4 nitrogen and oxygen atoms in total. The highest BCUT2D eigenvalue weighted by Crippen LogP contribution is 2.21. The predicted molar refractivity (Wildman–Crippen MR) is 82.3 cm³/mol. The van der Waals surface area contributed by atoms with Gasteiger partial charge in [0.15, 0.2) is 0 Å². The molecular formula is C14H21ClN2O2S. The van der Waals surface area contributed by atoms with E-state index >= 15 is 0 Å². The van der Waals surface area contributed by atoms with Gasteiger partial charge in [0.25, 0.3) is 0 Å². The number of sulfonamides is 1. The van der Waals surface area contributed by atoms with Crippen molar-refractivity contribution in [2.24, 2.45) is 0 Å². The maximum Gasteiger partial charge on any atom is 0.215 e. The van der Waals surface area contributed by atoms with Crippen molar-refractivity contribution < 1.29 is 8.42 Å². The van der Waals surface area contributed by atoms with E-state index in [1.165, 1.54) is 0 Å². The van der Waals surface area contributed by atoms with Gasteiger partial charge in [-0.1, -0.05) is 23.7 Å². The lowest BCUT2D eigenvalue weighted by atomic mass is 9.96. The molecule has 0 amide bonds. The van der Waals surface area contributed by atoms with Gasteiger partial charge in [0.05, 0.1) is 5.75 Å². The van der Waals surface area contributed by atoms with E-state index < -0.39 is 10.0 Å². The van der Waals surface area contributed by atoms with Crippen LogP contribution < -0.4 is 10.0 Å². The summed E-state index contributed by atoms with van der Waals surface area (Å²) in [5.41, 5.74) is 0.815. The zero-order valence-electron chi connectivity index (χ0n) is 11.7. The van der Waals surface area contributed by atoms with E-state index in [0.29, 0.717) is 11.6 Å². The van der Waals surface area contributed by atoms with Crippen molar-refractivity contribution in [2.45, 2.75) is 37.5 Å². The monoisotopic (exact) mass is 316 g/mol. The van der Waals surface area contributed by atoms with Crippen LogP contribution in [0.3, 0.4) is 0 Å². The number of rotatable bonds is 6. The second-order valence-electron chi connectivity index (χ2n) is 5.62. The summed E-state index contributed by atoms with van der Waals surface area (Å²) in [4.78, 5) is 0. The molecule has 2 N–H and O–H groups in total. The Morgan fingerprint density at radius 3 is 2.65 bits per heavy atom. The van der Waals surface area contributed by atoms with Crippen LogP contribution in [0.25, 0.3) is 0 Å². The van der Waals surface area contributed by atoms with Crippen LogP contribution in [0.4, 0.5) is 0 Å². The Labute approximate surface area is 126 Å². The standard InChI is InChI=1S/C14H21ClN2O2S/c1-14(7-2-9-16-14)8-10-17-20(18,19)11-12-3-5-13(15)6-4-12/h3-6,16-17H,2,7-11H2,1H3/t14-/m0/s1. The minimum Gasteiger partial charge on any atom is -0.311 e. The minimum absolute atomic E-state index is 0.00564. The van der Waals surface area contributed by atoms with E-state index in [1.54, 1.807) is 24.3 Å². The second kappa shape index (κ2) is 6.43. The predicted octanol–water partition coefficient (Wildman–Crippen LogP) is 2.29. The van der Waals surface area contributed by atoms with Gasteiger partial charge in [-0.2, -0.15) is 0 Å². The van der Waals surface area contributed by atoms with Crippen molar-refractivity contribution in [1.82, 2.24) is 10.0 Å². The van der Waals surface area contributed by atoms with Crippen LogP contribution in [0.15, 0.2) is 24.3 Å². The van der Waals surface area contributed by atoms with Crippen LogP contribution in [0.5, 0.6) is 0 Å². The number of benzene rings is 1. The van der Waals surface area contributed by atoms with Crippen LogP contribution in [0.1, 0.15) is 31.7 Å². The fourth-order valence-corrected chi connectivity index (χ4v) is 3.78. The van der Waals surface area contributed by atoms with Crippen molar-refractivity contribution in [2.75, 3.05) is 13.1 Å². The molecule has 0 aromatic heterocycles. The maximum absolute atomic E-state index is 12.0. The first kappa shape index (κ1) is 15.8. The fraction of sp³-hybridized carbons (Fsp3) is 0.571. The third-order valence-corrected chi connectivity index (χ3v) is 5.34. The Bertz CT molecular complexity index is 537. The topological polar surface area (TPSA) is 58.2 Å². The van der Waals surface area contributed by atoms with Crippen molar-refractivity contribution in [1.29, 1.82) is 0 Å². The number of hydrogen-bond acceptors (Lipinski definition) is 3. The van der Waals surface area contributed by atoms with Gasteiger partial charge in [-0.15, -0.1) is 0 Å². The van der Waals surface area contributed by atoms with Crippen LogP contribution in [-0.2, 0) is 15.8 Å². The molecule has 1 fully saturated rings. The van der Waals surface area contributed by atoms with Crippen LogP contribution >= 0.6 is 11.6 Å². The highest BCUT2D eigenvalue weighted by atomic mass is 35.5. The van der Waals surface area contributed by atoms with Crippen molar-refractivity contribution in [3.8, 4) is 0 Å². The molecule has 1 aromatic carbocycles. The normalized spacial score (nSPS) is 23.1.